The molecular formula is C18H28N4O5S. The minimum Gasteiger partial charge on any atom is -0.354 e. The van der Waals surface area contributed by atoms with Crippen LogP contribution in [0.2, 0.25) is 0 Å². The number of carbonyl (C=O) groups is 1. The van der Waals surface area contributed by atoms with Crippen LogP contribution in [0.15, 0.2) is 18.2 Å². The van der Waals surface area contributed by atoms with E-state index in [4.69, 9.17) is 0 Å². The standard InChI is InChI=1S/C18H28N4O5S/c1-15-7-8-16(22(24)25)13-17(15)21(28(2,26)27)14-18(23)19-9-6-12-20-10-4-3-5-11-20/h7-8,13H,3-6,9-12,14H2,1-2H3,(H,19,23). The van der Waals surface area contributed by atoms with Crippen molar-refractivity contribution in [2.24, 2.45) is 0 Å². The maximum atomic E-state index is 12.3. The molecule has 1 amide bonds. The van der Waals surface area contributed by atoms with Crippen LogP contribution in [-0.2, 0) is 14.8 Å². The van der Waals surface area contributed by atoms with Crippen LogP contribution >= 0.6 is 0 Å². The second-order valence-corrected chi connectivity index (χ2v) is 9.01. The van der Waals surface area contributed by atoms with E-state index >= 15 is 0 Å². The lowest BCUT2D eigenvalue weighted by atomic mass is 10.1. The number of nitro groups is 1. The highest BCUT2D eigenvalue weighted by molar-refractivity contribution is 7.92. The number of nitrogens with one attached hydrogen (secondary N) is 1. The lowest BCUT2D eigenvalue weighted by molar-refractivity contribution is -0.384. The molecule has 1 N–H and O–H groups in total. The Bertz CT molecular complexity index is 806. The van der Waals surface area contributed by atoms with E-state index in [0.29, 0.717) is 12.1 Å². The number of hydrogen-bond acceptors (Lipinski definition) is 6. The average molecular weight is 413 g/mol. The first kappa shape index (κ1) is 22.1. The van der Waals surface area contributed by atoms with E-state index in [1.807, 2.05) is 0 Å². The van der Waals surface area contributed by atoms with Gasteiger partial charge in [-0.25, -0.2) is 8.42 Å². The summed E-state index contributed by atoms with van der Waals surface area (Å²) in [6, 6.07) is 3.96. The lowest BCUT2D eigenvalue weighted by Crippen LogP contribution is -2.41. The van der Waals surface area contributed by atoms with E-state index in [1.165, 1.54) is 37.5 Å². The predicted molar refractivity (Wildman–Crippen MR) is 108 cm³/mol. The molecular weight excluding hydrogens is 384 g/mol. The molecule has 1 heterocycles. The molecule has 1 saturated heterocycles. The van der Waals surface area contributed by atoms with Crippen LogP contribution in [-0.4, -0.2) is 63.1 Å². The van der Waals surface area contributed by atoms with Gasteiger partial charge in [-0.2, -0.15) is 0 Å². The van der Waals surface area contributed by atoms with Crippen LogP contribution in [0.1, 0.15) is 31.2 Å². The van der Waals surface area contributed by atoms with Crippen molar-refractivity contribution in [3.05, 3.63) is 33.9 Å². The molecule has 10 heteroatoms. The van der Waals surface area contributed by atoms with Crippen LogP contribution in [0.4, 0.5) is 11.4 Å². The van der Waals surface area contributed by atoms with Crippen molar-refractivity contribution in [2.75, 3.05) is 43.3 Å². The van der Waals surface area contributed by atoms with Gasteiger partial charge >= 0.3 is 0 Å². The van der Waals surface area contributed by atoms with Gasteiger partial charge in [0.15, 0.2) is 0 Å². The second-order valence-electron chi connectivity index (χ2n) is 7.10. The highest BCUT2D eigenvalue weighted by Gasteiger charge is 2.24. The Morgan fingerprint density at radius 1 is 1.29 bits per heavy atom. The quantitative estimate of drug-likeness (QED) is 0.375. The van der Waals surface area contributed by atoms with Crippen LogP contribution in [0.3, 0.4) is 0 Å². The number of nitro benzene ring substituents is 1. The number of carbonyl (C=O) groups excluding carboxylic acids is 1. The van der Waals surface area contributed by atoms with Gasteiger partial charge in [0.25, 0.3) is 5.69 Å². The summed E-state index contributed by atoms with van der Waals surface area (Å²) in [7, 11) is -3.78. The normalized spacial score (nSPS) is 15.2. The Morgan fingerprint density at radius 2 is 1.96 bits per heavy atom. The van der Waals surface area contributed by atoms with E-state index in [0.717, 1.165) is 36.6 Å². The van der Waals surface area contributed by atoms with Crippen LogP contribution in [0.5, 0.6) is 0 Å². The molecule has 0 saturated carbocycles. The number of non-ortho nitro benzene ring substituents is 1. The van der Waals surface area contributed by atoms with Gasteiger partial charge < -0.3 is 10.2 Å². The molecule has 0 aliphatic carbocycles. The smallest absolute Gasteiger partial charge is 0.271 e. The van der Waals surface area contributed by atoms with Crippen molar-refractivity contribution in [2.45, 2.75) is 32.6 Å². The molecule has 9 nitrogen and oxygen atoms in total. The highest BCUT2D eigenvalue weighted by atomic mass is 32.2. The summed E-state index contributed by atoms with van der Waals surface area (Å²) in [4.78, 5) is 25.1. The minimum absolute atomic E-state index is 0.139. The number of rotatable bonds is 9. The first-order valence-electron chi connectivity index (χ1n) is 9.40. The van der Waals surface area contributed by atoms with Crippen LogP contribution < -0.4 is 9.62 Å². The average Bonchev–Trinajstić information content (AvgIpc) is 2.64. The maximum Gasteiger partial charge on any atom is 0.271 e. The Hall–Kier alpha value is -2.20. The third-order valence-electron chi connectivity index (χ3n) is 4.78. The van der Waals surface area contributed by atoms with Gasteiger partial charge in [0.2, 0.25) is 15.9 Å². The molecule has 1 aromatic rings. The maximum absolute atomic E-state index is 12.3. The number of piperidine rings is 1. The van der Waals surface area contributed by atoms with E-state index in [2.05, 4.69) is 10.2 Å². The summed E-state index contributed by atoms with van der Waals surface area (Å²) < 4.78 is 25.3. The zero-order chi connectivity index (χ0) is 20.7. The van der Waals surface area contributed by atoms with Crippen molar-refractivity contribution in [3.8, 4) is 0 Å². The van der Waals surface area contributed by atoms with E-state index in [-0.39, 0.29) is 11.4 Å². The van der Waals surface area contributed by atoms with E-state index < -0.39 is 27.4 Å². The number of aryl methyl sites for hydroxylation is 1. The summed E-state index contributed by atoms with van der Waals surface area (Å²) in [6.07, 6.45) is 5.46. The molecule has 0 radical (unpaired) electrons. The number of anilines is 1. The number of nitrogens with zero attached hydrogens (tertiary/aromatic N) is 3. The highest BCUT2D eigenvalue weighted by Crippen LogP contribution is 2.27. The monoisotopic (exact) mass is 412 g/mol. The second kappa shape index (κ2) is 9.83. The Morgan fingerprint density at radius 3 is 2.57 bits per heavy atom. The van der Waals surface area contributed by atoms with Gasteiger partial charge in [0.05, 0.1) is 16.9 Å². The minimum atomic E-state index is -3.78. The lowest BCUT2D eigenvalue weighted by Gasteiger charge is -2.26. The molecule has 1 aliphatic heterocycles. The molecule has 28 heavy (non-hydrogen) atoms. The fourth-order valence-electron chi connectivity index (χ4n) is 3.26. The molecule has 0 aromatic heterocycles. The van der Waals surface area contributed by atoms with Gasteiger partial charge in [0, 0.05) is 18.7 Å². The molecule has 0 spiro atoms. The number of sulfonamides is 1. The van der Waals surface area contributed by atoms with Gasteiger partial charge in [0.1, 0.15) is 6.54 Å². The van der Waals surface area contributed by atoms with E-state index in [1.54, 1.807) is 6.92 Å². The number of benzene rings is 1. The molecule has 0 atom stereocenters. The fraction of sp³-hybridized carbons (Fsp3) is 0.611. The number of hydrogen-bond donors (Lipinski definition) is 1. The molecule has 156 valence electrons. The van der Waals surface area contributed by atoms with Gasteiger partial charge in [-0.15, -0.1) is 0 Å². The van der Waals surface area contributed by atoms with Crippen molar-refractivity contribution in [1.82, 2.24) is 10.2 Å². The SMILES string of the molecule is Cc1ccc([N+](=O)[O-])cc1N(CC(=O)NCCCN1CCCCC1)S(C)(=O)=O. The van der Waals surface area contributed by atoms with Crippen molar-refractivity contribution in [1.29, 1.82) is 0 Å². The Labute approximate surface area is 165 Å². The molecule has 2 rings (SSSR count). The van der Waals surface area contributed by atoms with Gasteiger partial charge in [-0.1, -0.05) is 12.5 Å². The van der Waals surface area contributed by atoms with Crippen LogP contribution in [0, 0.1) is 17.0 Å². The summed E-state index contributed by atoms with van der Waals surface area (Å²) in [5.74, 6) is -0.435. The molecule has 1 aliphatic rings. The molecule has 1 aromatic carbocycles. The van der Waals surface area contributed by atoms with Gasteiger partial charge in [-0.05, 0) is 51.4 Å². The molecule has 0 unspecified atom stereocenters. The summed E-state index contributed by atoms with van der Waals surface area (Å²) in [6.45, 7) is 4.77. The summed E-state index contributed by atoms with van der Waals surface area (Å²) >= 11 is 0. The third-order valence-corrected chi connectivity index (χ3v) is 5.91. The predicted octanol–water partition coefficient (Wildman–Crippen LogP) is 1.66. The van der Waals surface area contributed by atoms with Crippen molar-refractivity contribution >= 4 is 27.3 Å². The van der Waals surface area contributed by atoms with Crippen molar-refractivity contribution in [3.63, 3.8) is 0 Å². The van der Waals surface area contributed by atoms with Crippen LogP contribution in [0.25, 0.3) is 0 Å². The van der Waals surface area contributed by atoms with Crippen molar-refractivity contribution < 1.29 is 18.1 Å². The van der Waals surface area contributed by atoms with Gasteiger partial charge in [-0.3, -0.25) is 19.2 Å². The number of likely N-dealkylation sites (tertiary alicyclic amines) is 1. The third kappa shape index (κ3) is 6.45. The molecule has 0 bridgehead atoms. The summed E-state index contributed by atoms with van der Waals surface area (Å²) in [5, 5.41) is 13.8. The number of amides is 1. The van der Waals surface area contributed by atoms with E-state index in [9.17, 15) is 23.3 Å². The zero-order valence-electron chi connectivity index (χ0n) is 16.4. The Balaban J connectivity index is 1.97. The first-order chi connectivity index (χ1) is 13.2. The zero-order valence-corrected chi connectivity index (χ0v) is 17.2. The summed E-state index contributed by atoms with van der Waals surface area (Å²) in [5.41, 5.74) is 0.449. The molecule has 1 fully saturated rings. The first-order valence-corrected chi connectivity index (χ1v) is 11.2. The Kier molecular flexibility index (Phi) is 7.76. The topological polar surface area (TPSA) is 113 Å². The fourth-order valence-corrected chi connectivity index (χ4v) is 4.17. The largest absolute Gasteiger partial charge is 0.354 e.